The van der Waals surface area contributed by atoms with Gasteiger partial charge in [0.25, 0.3) is 0 Å². The van der Waals surface area contributed by atoms with Crippen molar-refractivity contribution < 1.29 is 61.9 Å². The number of ketones is 3. The summed E-state index contributed by atoms with van der Waals surface area (Å²) in [4.78, 5) is 51.2. The Balaban J connectivity index is 1.55. The average molecular weight is 622 g/mol. The van der Waals surface area contributed by atoms with Gasteiger partial charge in [-0.05, 0) is 32.3 Å². The Bertz CT molecular complexity index is 1570. The molecule has 14 heteroatoms. The van der Waals surface area contributed by atoms with E-state index in [9.17, 15) is 47.7 Å². The Hall–Kier alpha value is -4.01. The van der Waals surface area contributed by atoms with Crippen molar-refractivity contribution in [1.29, 1.82) is 0 Å². The van der Waals surface area contributed by atoms with Crippen molar-refractivity contribution in [2.24, 2.45) is 5.92 Å². The number of methoxy groups -OCH3 is 1. The number of benzene rings is 2. The molecule has 236 valence electrons. The lowest BCUT2D eigenvalue weighted by molar-refractivity contribution is -0.232. The Morgan fingerprint density at radius 3 is 2.41 bits per heavy atom. The van der Waals surface area contributed by atoms with E-state index in [-0.39, 0.29) is 47.4 Å². The Morgan fingerprint density at radius 1 is 1.09 bits per heavy atom. The van der Waals surface area contributed by atoms with Crippen molar-refractivity contribution in [2.75, 3.05) is 13.7 Å². The zero-order valence-electron chi connectivity index (χ0n) is 23.9. The third-order valence-corrected chi connectivity index (χ3v) is 8.43. The number of rotatable bonds is 6. The van der Waals surface area contributed by atoms with Crippen LogP contribution in [-0.4, -0.2) is 76.4 Å². The minimum atomic E-state index is -5.06. The molecule has 0 unspecified atom stereocenters. The fourth-order valence-corrected chi connectivity index (χ4v) is 6.29. The van der Waals surface area contributed by atoms with Crippen LogP contribution in [0.25, 0.3) is 0 Å². The summed E-state index contributed by atoms with van der Waals surface area (Å²) in [7, 11) is 1.30. The van der Waals surface area contributed by atoms with Gasteiger partial charge in [0.15, 0.2) is 17.9 Å². The van der Waals surface area contributed by atoms with E-state index < -0.39 is 94.9 Å². The number of carbonyl (C=O) groups excluding carboxylic acids is 4. The molecular formula is C30H30F3NO10. The van der Waals surface area contributed by atoms with Crippen molar-refractivity contribution in [1.82, 2.24) is 5.32 Å². The fourth-order valence-electron chi connectivity index (χ4n) is 6.29. The number of amides is 1. The lowest BCUT2D eigenvalue weighted by Gasteiger charge is -2.41. The van der Waals surface area contributed by atoms with Crippen molar-refractivity contribution in [3.63, 3.8) is 0 Å². The molecule has 2 aliphatic carbocycles. The van der Waals surface area contributed by atoms with E-state index >= 15 is 0 Å². The van der Waals surface area contributed by atoms with Gasteiger partial charge >= 0.3 is 12.1 Å². The number of hydrogen-bond donors (Lipinski definition) is 4. The topological polar surface area (TPSA) is 169 Å². The summed E-state index contributed by atoms with van der Waals surface area (Å²) in [5, 5.41) is 36.1. The van der Waals surface area contributed by atoms with E-state index in [0.29, 0.717) is 0 Å². The highest BCUT2D eigenvalue weighted by Gasteiger charge is 2.49. The van der Waals surface area contributed by atoms with Crippen LogP contribution in [0.15, 0.2) is 18.2 Å². The maximum absolute atomic E-state index is 13.7. The second kappa shape index (κ2) is 11.2. The van der Waals surface area contributed by atoms with E-state index in [1.807, 2.05) is 5.32 Å². The van der Waals surface area contributed by atoms with Crippen LogP contribution in [0.4, 0.5) is 13.2 Å². The summed E-state index contributed by atoms with van der Waals surface area (Å²) in [5.41, 5.74) is -3.63. The van der Waals surface area contributed by atoms with E-state index in [4.69, 9.17) is 14.2 Å². The molecule has 44 heavy (non-hydrogen) atoms. The SMILES string of the molecule is COc1cccc2c1C(=O)c1c(O)c3c(c(O)c1C2=O)C[C@@](O)(C(C)=O)C[C@@H]3O[C@H]1C[C@H](CNC(=O)C(F)(F)F)C[C@H](C)O1. The molecule has 4 N–H and O–H groups in total. The lowest BCUT2D eigenvalue weighted by Crippen LogP contribution is -2.46. The molecule has 3 aliphatic rings. The van der Waals surface area contributed by atoms with Crippen molar-refractivity contribution in [3.8, 4) is 17.2 Å². The first-order chi connectivity index (χ1) is 20.6. The molecule has 1 aliphatic heterocycles. The van der Waals surface area contributed by atoms with Gasteiger partial charge in [-0.15, -0.1) is 0 Å². The Kier molecular flexibility index (Phi) is 7.97. The second-order valence-corrected chi connectivity index (χ2v) is 11.4. The highest BCUT2D eigenvalue weighted by Crippen LogP contribution is 2.52. The number of phenolic OH excluding ortho intramolecular Hbond substituents is 2. The number of alkyl halides is 3. The van der Waals surface area contributed by atoms with Gasteiger partial charge in [-0.25, -0.2) is 0 Å². The van der Waals surface area contributed by atoms with Crippen molar-refractivity contribution >= 4 is 23.3 Å². The molecular weight excluding hydrogens is 591 g/mol. The lowest BCUT2D eigenvalue weighted by atomic mass is 9.72. The number of ether oxygens (including phenoxy) is 3. The third-order valence-electron chi connectivity index (χ3n) is 8.43. The molecule has 0 saturated carbocycles. The Labute approximate surface area is 248 Å². The number of aromatic hydroxyl groups is 2. The monoisotopic (exact) mass is 621 g/mol. The van der Waals surface area contributed by atoms with E-state index in [0.717, 1.165) is 6.92 Å². The quantitative estimate of drug-likeness (QED) is 0.300. The number of aliphatic hydroxyl groups is 1. The third kappa shape index (κ3) is 5.30. The fraction of sp³-hybridized carbons (Fsp3) is 0.467. The molecule has 0 aromatic heterocycles. The molecule has 5 rings (SSSR count). The van der Waals surface area contributed by atoms with Crippen LogP contribution in [0.5, 0.6) is 17.2 Å². The van der Waals surface area contributed by atoms with Crippen LogP contribution in [0.2, 0.25) is 0 Å². The highest BCUT2D eigenvalue weighted by molar-refractivity contribution is 6.31. The van der Waals surface area contributed by atoms with Crippen molar-refractivity contribution in [2.45, 2.75) is 69.8 Å². The van der Waals surface area contributed by atoms with Crippen LogP contribution < -0.4 is 10.1 Å². The van der Waals surface area contributed by atoms with E-state index in [1.54, 1.807) is 6.92 Å². The summed E-state index contributed by atoms with van der Waals surface area (Å²) in [6, 6.07) is 4.30. The summed E-state index contributed by atoms with van der Waals surface area (Å²) >= 11 is 0. The molecule has 1 fully saturated rings. The molecule has 0 spiro atoms. The second-order valence-electron chi connectivity index (χ2n) is 11.4. The van der Waals surface area contributed by atoms with Gasteiger partial charge in [0, 0.05) is 42.5 Å². The molecule has 1 saturated heterocycles. The first-order valence-electron chi connectivity index (χ1n) is 13.8. The van der Waals surface area contributed by atoms with Crippen LogP contribution in [-0.2, 0) is 25.5 Å². The van der Waals surface area contributed by atoms with Gasteiger partial charge in [0.1, 0.15) is 22.8 Å². The van der Waals surface area contributed by atoms with Crippen LogP contribution in [0.1, 0.15) is 82.2 Å². The van der Waals surface area contributed by atoms with E-state index in [1.165, 1.54) is 25.3 Å². The van der Waals surface area contributed by atoms with E-state index in [2.05, 4.69) is 0 Å². The molecule has 0 radical (unpaired) electrons. The summed E-state index contributed by atoms with van der Waals surface area (Å²) in [6.07, 6.45) is -8.78. The van der Waals surface area contributed by atoms with Crippen LogP contribution in [0, 0.1) is 5.92 Å². The van der Waals surface area contributed by atoms with Gasteiger partial charge in [-0.3, -0.25) is 19.2 Å². The van der Waals surface area contributed by atoms with Crippen LogP contribution in [0.3, 0.4) is 0 Å². The van der Waals surface area contributed by atoms with Gasteiger partial charge in [-0.1, -0.05) is 12.1 Å². The molecule has 2 aromatic carbocycles. The maximum Gasteiger partial charge on any atom is 0.471 e. The molecule has 2 aromatic rings. The van der Waals surface area contributed by atoms with Gasteiger partial charge in [-0.2, -0.15) is 13.2 Å². The largest absolute Gasteiger partial charge is 0.507 e. The highest BCUT2D eigenvalue weighted by atomic mass is 19.4. The summed E-state index contributed by atoms with van der Waals surface area (Å²) < 4.78 is 55.3. The number of Topliss-reactive ketones (excluding diaryl/α,β-unsaturated/α-hetero) is 1. The number of hydrogen-bond acceptors (Lipinski definition) is 10. The van der Waals surface area contributed by atoms with Crippen molar-refractivity contribution in [3.05, 3.63) is 51.6 Å². The normalized spacial score (nSPS) is 26.3. The standard InChI is InChI=1S/C30H30F3NO10/c1-12-7-14(11-34-28(40)30(31,32)33)8-19(43-12)44-18-10-29(41,13(2)35)9-16-21(18)27(39)23-22(25(16)37)24(36)15-5-4-6-17(42-3)20(15)26(23)38/h4-6,12,14,18-19,37,39,41H,7-11H2,1-3H3,(H,34,40)/t12-,14+,18-,19-,29-/m0/s1. The first kappa shape index (κ1) is 31.4. The number of halogens is 3. The molecule has 0 bridgehead atoms. The molecule has 1 heterocycles. The maximum atomic E-state index is 13.7. The minimum Gasteiger partial charge on any atom is -0.507 e. The average Bonchev–Trinajstić information content (AvgIpc) is 2.94. The summed E-state index contributed by atoms with van der Waals surface area (Å²) in [6.45, 7) is 2.43. The number of fused-ring (bicyclic) bond motifs is 3. The minimum absolute atomic E-state index is 0.00745. The first-order valence-corrected chi connectivity index (χ1v) is 13.8. The molecule has 1 amide bonds. The number of nitrogens with one attached hydrogen (secondary N) is 1. The van der Waals surface area contributed by atoms with Crippen LogP contribution >= 0.6 is 0 Å². The van der Waals surface area contributed by atoms with Gasteiger partial charge in [0.05, 0.1) is 36.0 Å². The Morgan fingerprint density at radius 2 is 1.77 bits per heavy atom. The number of phenols is 2. The zero-order valence-corrected chi connectivity index (χ0v) is 23.9. The predicted octanol–water partition coefficient (Wildman–Crippen LogP) is 3.03. The molecule has 11 nitrogen and oxygen atoms in total. The number of carbonyl (C=O) groups is 4. The smallest absolute Gasteiger partial charge is 0.471 e. The zero-order chi connectivity index (χ0) is 32.3. The summed E-state index contributed by atoms with van der Waals surface area (Å²) in [5.74, 6) is -6.24. The molecule has 5 atom stereocenters. The van der Waals surface area contributed by atoms with Gasteiger partial charge in [0.2, 0.25) is 5.78 Å². The van der Waals surface area contributed by atoms with Gasteiger partial charge < -0.3 is 34.8 Å². The predicted molar refractivity (Wildman–Crippen MR) is 144 cm³/mol.